The first kappa shape index (κ1) is 15.9. The van der Waals surface area contributed by atoms with Crippen LogP contribution in [-0.2, 0) is 46.2 Å². The molecule has 7 heteroatoms. The third-order valence-electron chi connectivity index (χ3n) is 2.81. The molecule has 1 heterocycles. The van der Waals surface area contributed by atoms with Crippen molar-refractivity contribution in [2.75, 3.05) is 5.32 Å². The number of benzene rings is 1. The molecule has 0 bridgehead atoms. The fourth-order valence-corrected chi connectivity index (χ4v) is 1.74. The number of nitrogens with one attached hydrogen (secondary N) is 1. The van der Waals surface area contributed by atoms with Gasteiger partial charge in [0.25, 0.3) is 0 Å². The minimum atomic E-state index is -0.214. The van der Waals surface area contributed by atoms with Crippen molar-refractivity contribution < 1.29 is 37.5 Å². The number of tetrazole rings is 1. The number of aryl methyl sites for hydroxylation is 2. The van der Waals surface area contributed by atoms with Gasteiger partial charge in [0.05, 0.1) is 0 Å². The molecule has 0 aliphatic rings. The summed E-state index contributed by atoms with van der Waals surface area (Å²) in [5.41, 5.74) is 2.60. The summed E-state index contributed by atoms with van der Waals surface area (Å²) in [5.74, 6) is 0.111. The number of nitrogens with zero attached hydrogens (tertiary/aromatic N) is 4. The van der Waals surface area contributed by atoms with Crippen LogP contribution in [0.15, 0.2) is 12.1 Å². The van der Waals surface area contributed by atoms with E-state index >= 15 is 0 Å². The van der Waals surface area contributed by atoms with Crippen LogP contribution >= 0.6 is 0 Å². The third kappa shape index (κ3) is 3.45. The van der Waals surface area contributed by atoms with Crippen LogP contribution in [0.25, 0.3) is 0 Å². The zero-order valence-electron chi connectivity index (χ0n) is 11.1. The van der Waals surface area contributed by atoms with Gasteiger partial charge in [-0.15, -0.1) is 5.56 Å². The second-order valence-corrected chi connectivity index (χ2v) is 3.93. The first-order valence-electron chi connectivity index (χ1n) is 5.67. The van der Waals surface area contributed by atoms with Crippen molar-refractivity contribution in [1.82, 2.24) is 20.2 Å². The Balaban J connectivity index is 0.00000180. The Bertz CT molecular complexity index is 581. The molecule has 2 rings (SSSR count). The fraction of sp³-hybridized carbons (Fsp3) is 0.333. The van der Waals surface area contributed by atoms with Gasteiger partial charge < -0.3 is 0 Å². The smallest absolute Gasteiger partial charge is 0.249 e. The maximum Gasteiger partial charge on any atom is 0.249 e. The average molecular weight is 333 g/mol. The zero-order valence-corrected chi connectivity index (χ0v) is 14.0. The van der Waals surface area contributed by atoms with Gasteiger partial charge in [-0.1, -0.05) is 30.9 Å². The Kier molecular flexibility index (Phi) is 5.75. The molecule has 97 valence electrons. The van der Waals surface area contributed by atoms with Gasteiger partial charge in [0.1, 0.15) is 0 Å². The first-order chi connectivity index (χ1) is 8.63. The predicted octanol–water partition coefficient (Wildman–Crippen LogP) is 1.13. The topological polar surface area (TPSA) is 72.7 Å². The number of amides is 1. The molecule has 0 atom stereocenters. The maximum atomic E-state index is 12.1. The summed E-state index contributed by atoms with van der Waals surface area (Å²) >= 11 is 0. The Morgan fingerprint density at radius 3 is 2.84 bits per heavy atom. The number of rotatable bonds is 3. The largest absolute Gasteiger partial charge is 0.291 e. The van der Waals surface area contributed by atoms with E-state index in [9.17, 15) is 4.79 Å². The molecule has 0 aliphatic heterocycles. The summed E-state index contributed by atoms with van der Waals surface area (Å²) in [6.45, 7) is 3.95. The monoisotopic (exact) mass is 333 g/mol. The van der Waals surface area contributed by atoms with Crippen molar-refractivity contribution in [1.29, 1.82) is 0 Å². The van der Waals surface area contributed by atoms with Gasteiger partial charge in [-0.3, -0.25) is 10.1 Å². The van der Waals surface area contributed by atoms with Gasteiger partial charge in [-0.05, 0) is 10.4 Å². The van der Waals surface area contributed by atoms with E-state index in [-0.39, 0.29) is 38.6 Å². The fourth-order valence-electron chi connectivity index (χ4n) is 1.74. The summed E-state index contributed by atoms with van der Waals surface area (Å²) in [7, 11) is 1.67. The van der Waals surface area contributed by atoms with Crippen molar-refractivity contribution in [2.24, 2.45) is 7.05 Å². The van der Waals surface area contributed by atoms with E-state index in [1.165, 1.54) is 4.68 Å². The number of hydrogen-bond acceptors (Lipinski definition) is 4. The standard InChI is InChI=1S/C12H14N5O.Y/c1-4-9-6-5-7-10(8(9)2)11(18)13-12-14-15-16-17(12)3;/h5,7H,4H2,1-3H3,(H,13,14,16,18);/q-1;. The van der Waals surface area contributed by atoms with Gasteiger partial charge >= 0.3 is 0 Å². The molecule has 1 N–H and O–H groups in total. The average Bonchev–Trinajstić information content (AvgIpc) is 2.75. The van der Waals surface area contributed by atoms with E-state index in [0.717, 1.165) is 17.5 Å². The molecule has 0 saturated heterocycles. The van der Waals surface area contributed by atoms with Crippen molar-refractivity contribution in [3.8, 4) is 0 Å². The van der Waals surface area contributed by atoms with Crippen molar-refractivity contribution in [3.05, 3.63) is 34.9 Å². The molecule has 1 aromatic carbocycles. The second kappa shape index (κ2) is 6.86. The summed E-state index contributed by atoms with van der Waals surface area (Å²) in [4.78, 5) is 12.1. The van der Waals surface area contributed by atoms with Gasteiger partial charge in [0, 0.05) is 39.8 Å². The van der Waals surface area contributed by atoms with Gasteiger partial charge in [-0.2, -0.15) is 23.8 Å². The number of anilines is 1. The number of carbonyl (C=O) groups excluding carboxylic acids is 1. The summed E-state index contributed by atoms with van der Waals surface area (Å²) in [5, 5.41) is 13.5. The molecule has 19 heavy (non-hydrogen) atoms. The molecular weight excluding hydrogens is 319 g/mol. The normalized spacial score (nSPS) is 9.84. The SMILES string of the molecule is CCc1[c-]ccc(C(=O)Nc2nnnn2C)c1C.[Y]. The Morgan fingerprint density at radius 2 is 2.26 bits per heavy atom. The van der Waals surface area contributed by atoms with Crippen LogP contribution in [0.4, 0.5) is 5.95 Å². The van der Waals surface area contributed by atoms with Gasteiger partial charge in [0.15, 0.2) is 0 Å². The molecule has 0 spiro atoms. The van der Waals surface area contributed by atoms with E-state index < -0.39 is 0 Å². The first-order valence-corrected chi connectivity index (χ1v) is 5.67. The molecular formula is C12H14N5OY-. The van der Waals surface area contributed by atoms with E-state index in [2.05, 4.69) is 26.9 Å². The summed E-state index contributed by atoms with van der Waals surface area (Å²) in [6.07, 6.45) is 0.846. The molecule has 6 nitrogen and oxygen atoms in total. The minimum Gasteiger partial charge on any atom is -0.291 e. The summed E-state index contributed by atoms with van der Waals surface area (Å²) < 4.78 is 1.41. The molecule has 0 aliphatic carbocycles. The van der Waals surface area contributed by atoms with Crippen LogP contribution in [0.5, 0.6) is 0 Å². The van der Waals surface area contributed by atoms with E-state index in [1.807, 2.05) is 13.8 Å². The van der Waals surface area contributed by atoms with E-state index in [4.69, 9.17) is 0 Å². The van der Waals surface area contributed by atoms with Gasteiger partial charge in [0.2, 0.25) is 11.9 Å². The molecule has 0 fully saturated rings. The van der Waals surface area contributed by atoms with Crippen molar-refractivity contribution in [2.45, 2.75) is 20.3 Å². The molecule has 1 aromatic heterocycles. The van der Waals surface area contributed by atoms with Crippen molar-refractivity contribution in [3.63, 3.8) is 0 Å². The van der Waals surface area contributed by atoms with Crippen molar-refractivity contribution >= 4 is 11.9 Å². The van der Waals surface area contributed by atoms with Crippen LogP contribution in [-0.4, -0.2) is 26.1 Å². The molecule has 1 amide bonds. The Hall–Kier alpha value is -1.14. The minimum absolute atomic E-state index is 0. The Labute approximate surface area is 136 Å². The Morgan fingerprint density at radius 1 is 1.53 bits per heavy atom. The molecule has 2 aromatic rings. The van der Waals surface area contributed by atoms with E-state index in [0.29, 0.717) is 11.5 Å². The number of hydrogen-bond donors (Lipinski definition) is 1. The molecule has 0 saturated carbocycles. The molecule has 0 unspecified atom stereocenters. The van der Waals surface area contributed by atoms with Crippen LogP contribution in [0.1, 0.15) is 28.4 Å². The van der Waals surface area contributed by atoms with Crippen LogP contribution < -0.4 is 5.32 Å². The van der Waals surface area contributed by atoms with Crippen LogP contribution in [0.2, 0.25) is 0 Å². The van der Waals surface area contributed by atoms with Gasteiger partial charge in [-0.25, -0.2) is 4.68 Å². The molecule has 1 radical (unpaired) electrons. The predicted molar refractivity (Wildman–Crippen MR) is 66.1 cm³/mol. The maximum absolute atomic E-state index is 12.1. The second-order valence-electron chi connectivity index (χ2n) is 3.93. The van der Waals surface area contributed by atoms with Crippen LogP contribution in [0, 0.1) is 13.0 Å². The van der Waals surface area contributed by atoms with E-state index in [1.54, 1.807) is 19.2 Å². The number of carbonyl (C=O) groups is 1. The third-order valence-corrected chi connectivity index (χ3v) is 2.81. The quantitative estimate of drug-likeness (QED) is 0.855. The zero-order chi connectivity index (χ0) is 13.1. The summed E-state index contributed by atoms with van der Waals surface area (Å²) in [6, 6.07) is 6.63. The number of aromatic nitrogens is 4. The van der Waals surface area contributed by atoms with Crippen LogP contribution in [0.3, 0.4) is 0 Å².